The molecule has 0 aromatic heterocycles. The fraction of sp³-hybridized carbons (Fsp3) is 0.278. The first kappa shape index (κ1) is 18.1. The molecular weight excluding hydrogens is 356 g/mol. The van der Waals surface area contributed by atoms with E-state index >= 15 is 0 Å². The second kappa shape index (κ2) is 7.25. The Morgan fingerprint density at radius 3 is 2.27 bits per heavy atom. The zero-order chi connectivity index (χ0) is 18.7. The van der Waals surface area contributed by atoms with Crippen molar-refractivity contribution >= 4 is 27.5 Å². The van der Waals surface area contributed by atoms with Crippen molar-refractivity contribution < 1.29 is 22.7 Å². The van der Waals surface area contributed by atoms with Crippen LogP contribution in [-0.4, -0.2) is 33.8 Å². The largest absolute Gasteiger partial charge is 0.491 e. The zero-order valence-electron chi connectivity index (χ0n) is 14.5. The second-order valence-electron chi connectivity index (χ2n) is 6.06. The molecule has 0 radical (unpaired) electrons. The van der Waals surface area contributed by atoms with Gasteiger partial charge < -0.3 is 9.47 Å². The molecule has 2 aromatic carbocycles. The van der Waals surface area contributed by atoms with Gasteiger partial charge in [0.05, 0.1) is 17.5 Å². The van der Waals surface area contributed by atoms with Crippen molar-refractivity contribution in [3.8, 4) is 5.75 Å². The number of hydrogen-bond acceptors (Lipinski definition) is 5. The quantitative estimate of drug-likeness (QED) is 0.837. The summed E-state index contributed by atoms with van der Waals surface area (Å²) in [6.45, 7) is 4.62. The average Bonchev–Trinajstić information content (AvgIpc) is 3.02. The molecule has 0 atom stereocenters. The van der Waals surface area contributed by atoms with E-state index in [-0.39, 0.29) is 11.0 Å². The Morgan fingerprint density at radius 2 is 1.73 bits per heavy atom. The molecule has 2 aromatic rings. The number of ether oxygens (including phenoxy) is 2. The van der Waals surface area contributed by atoms with Gasteiger partial charge in [0.1, 0.15) is 12.4 Å². The number of rotatable bonds is 6. The average molecular weight is 376 g/mol. The van der Waals surface area contributed by atoms with Gasteiger partial charge in [-0.1, -0.05) is 0 Å². The van der Waals surface area contributed by atoms with E-state index in [1.807, 2.05) is 13.8 Å². The van der Waals surface area contributed by atoms with Crippen LogP contribution in [0.1, 0.15) is 13.8 Å². The minimum Gasteiger partial charge on any atom is -0.491 e. The summed E-state index contributed by atoms with van der Waals surface area (Å²) >= 11 is 0. The second-order valence-corrected chi connectivity index (χ2v) is 7.74. The number of anilines is 2. The molecule has 0 spiro atoms. The zero-order valence-corrected chi connectivity index (χ0v) is 15.3. The van der Waals surface area contributed by atoms with Gasteiger partial charge in [-0.25, -0.2) is 13.2 Å². The van der Waals surface area contributed by atoms with Crippen LogP contribution in [0.25, 0.3) is 0 Å². The molecule has 1 heterocycles. The molecule has 0 aliphatic carbocycles. The van der Waals surface area contributed by atoms with Crippen molar-refractivity contribution in [2.24, 2.45) is 0 Å². The van der Waals surface area contributed by atoms with E-state index in [0.717, 1.165) is 0 Å². The maximum Gasteiger partial charge on any atom is 0.414 e. The summed E-state index contributed by atoms with van der Waals surface area (Å²) in [5.74, 6) is 0.671. The third kappa shape index (κ3) is 4.08. The van der Waals surface area contributed by atoms with Crippen LogP contribution in [0.15, 0.2) is 53.4 Å². The van der Waals surface area contributed by atoms with Gasteiger partial charge in [0.2, 0.25) is 0 Å². The Labute approximate surface area is 152 Å². The van der Waals surface area contributed by atoms with E-state index < -0.39 is 16.1 Å². The molecule has 7 nitrogen and oxygen atoms in total. The molecule has 3 rings (SSSR count). The highest BCUT2D eigenvalue weighted by Gasteiger charge is 2.24. The van der Waals surface area contributed by atoms with Crippen LogP contribution in [0.2, 0.25) is 0 Å². The molecule has 1 N–H and O–H groups in total. The number of sulfonamides is 1. The topological polar surface area (TPSA) is 84.9 Å². The SMILES string of the molecule is CC(C)Oc1ccc(NS(=O)(=O)c2ccc(N3CCOC3=O)cc2)cc1. The molecule has 1 saturated heterocycles. The maximum atomic E-state index is 12.5. The van der Waals surface area contributed by atoms with Crippen LogP contribution in [0.4, 0.5) is 16.2 Å². The summed E-state index contributed by atoms with van der Waals surface area (Å²) in [4.78, 5) is 13.1. The monoisotopic (exact) mass is 376 g/mol. The van der Waals surface area contributed by atoms with Crippen LogP contribution in [0, 0.1) is 0 Å². The molecule has 0 bridgehead atoms. The summed E-state index contributed by atoms with van der Waals surface area (Å²) in [6.07, 6.45) is -0.383. The van der Waals surface area contributed by atoms with Crippen molar-refractivity contribution in [1.29, 1.82) is 0 Å². The minimum atomic E-state index is -3.73. The minimum absolute atomic E-state index is 0.0453. The van der Waals surface area contributed by atoms with Gasteiger partial charge in [-0.3, -0.25) is 9.62 Å². The predicted octanol–water partition coefficient (Wildman–Crippen LogP) is 3.23. The van der Waals surface area contributed by atoms with Crippen LogP contribution >= 0.6 is 0 Å². The molecule has 8 heteroatoms. The Hall–Kier alpha value is -2.74. The lowest BCUT2D eigenvalue weighted by Crippen LogP contribution is -2.23. The lowest BCUT2D eigenvalue weighted by molar-refractivity contribution is 0.181. The van der Waals surface area contributed by atoms with Crippen molar-refractivity contribution in [3.63, 3.8) is 0 Å². The lowest BCUT2D eigenvalue weighted by Gasteiger charge is -2.14. The number of carbonyl (C=O) groups excluding carboxylic acids is 1. The fourth-order valence-electron chi connectivity index (χ4n) is 2.52. The highest BCUT2D eigenvalue weighted by molar-refractivity contribution is 7.92. The normalized spacial score (nSPS) is 14.4. The van der Waals surface area contributed by atoms with E-state index in [4.69, 9.17) is 9.47 Å². The number of nitrogens with zero attached hydrogens (tertiary/aromatic N) is 1. The molecule has 138 valence electrons. The summed E-state index contributed by atoms with van der Waals surface area (Å²) in [6, 6.07) is 12.8. The molecule has 1 amide bonds. The van der Waals surface area contributed by atoms with E-state index in [9.17, 15) is 13.2 Å². The summed E-state index contributed by atoms with van der Waals surface area (Å²) in [5, 5.41) is 0. The van der Waals surface area contributed by atoms with Gasteiger partial charge in [0, 0.05) is 11.4 Å². The lowest BCUT2D eigenvalue weighted by atomic mass is 10.3. The fourth-order valence-corrected chi connectivity index (χ4v) is 3.58. The van der Waals surface area contributed by atoms with Crippen LogP contribution < -0.4 is 14.4 Å². The third-order valence-electron chi connectivity index (χ3n) is 3.70. The molecule has 26 heavy (non-hydrogen) atoms. The van der Waals surface area contributed by atoms with Crippen LogP contribution in [0.5, 0.6) is 5.75 Å². The Balaban J connectivity index is 1.72. The number of cyclic esters (lactones) is 1. The molecule has 0 unspecified atom stereocenters. The molecule has 1 aliphatic rings. The molecule has 1 aliphatic heterocycles. The third-order valence-corrected chi connectivity index (χ3v) is 5.10. The summed E-state index contributed by atoms with van der Waals surface area (Å²) in [5.41, 5.74) is 1.04. The Bertz CT molecular complexity index is 877. The first-order valence-electron chi connectivity index (χ1n) is 8.19. The highest BCUT2D eigenvalue weighted by Crippen LogP contribution is 2.23. The molecule has 1 fully saturated rings. The first-order chi connectivity index (χ1) is 12.3. The van der Waals surface area contributed by atoms with E-state index in [2.05, 4.69) is 4.72 Å². The van der Waals surface area contributed by atoms with Crippen molar-refractivity contribution in [2.75, 3.05) is 22.8 Å². The smallest absolute Gasteiger partial charge is 0.414 e. The van der Waals surface area contributed by atoms with Gasteiger partial charge in [-0.2, -0.15) is 0 Å². The number of benzene rings is 2. The number of hydrogen-bond donors (Lipinski definition) is 1. The van der Waals surface area contributed by atoms with Gasteiger partial charge in [0.15, 0.2) is 0 Å². The summed E-state index contributed by atoms with van der Waals surface area (Å²) < 4.78 is 38.0. The number of carbonyl (C=O) groups is 1. The van der Waals surface area contributed by atoms with Crippen LogP contribution in [0.3, 0.4) is 0 Å². The maximum absolute atomic E-state index is 12.5. The van der Waals surface area contributed by atoms with Gasteiger partial charge in [0.25, 0.3) is 10.0 Å². The van der Waals surface area contributed by atoms with E-state index in [1.54, 1.807) is 36.4 Å². The first-order valence-corrected chi connectivity index (χ1v) is 9.67. The standard InChI is InChI=1S/C18H20N2O5S/c1-13(2)25-16-7-3-14(4-8-16)19-26(22,23)17-9-5-15(6-10-17)20-11-12-24-18(20)21/h3-10,13,19H,11-12H2,1-2H3. The van der Waals surface area contributed by atoms with E-state index in [0.29, 0.717) is 30.3 Å². The van der Waals surface area contributed by atoms with Gasteiger partial charge in [-0.05, 0) is 62.4 Å². The van der Waals surface area contributed by atoms with Gasteiger partial charge in [-0.15, -0.1) is 0 Å². The molecular formula is C18H20N2O5S. The molecule has 0 saturated carbocycles. The highest BCUT2D eigenvalue weighted by atomic mass is 32.2. The van der Waals surface area contributed by atoms with Crippen molar-refractivity contribution in [1.82, 2.24) is 0 Å². The Kier molecular flexibility index (Phi) is 5.03. The van der Waals surface area contributed by atoms with Crippen LogP contribution in [-0.2, 0) is 14.8 Å². The van der Waals surface area contributed by atoms with Gasteiger partial charge >= 0.3 is 6.09 Å². The summed E-state index contributed by atoms with van der Waals surface area (Å²) in [7, 11) is -3.73. The number of nitrogens with one attached hydrogen (secondary N) is 1. The Morgan fingerprint density at radius 1 is 1.08 bits per heavy atom. The predicted molar refractivity (Wildman–Crippen MR) is 98.2 cm³/mol. The van der Waals surface area contributed by atoms with Crippen molar-refractivity contribution in [3.05, 3.63) is 48.5 Å². The van der Waals surface area contributed by atoms with E-state index in [1.165, 1.54) is 17.0 Å². The number of amides is 1. The van der Waals surface area contributed by atoms with Crippen molar-refractivity contribution in [2.45, 2.75) is 24.8 Å².